The lowest BCUT2D eigenvalue weighted by atomic mass is 10.2. The van der Waals surface area contributed by atoms with Crippen LogP contribution in [-0.4, -0.2) is 30.0 Å². The van der Waals surface area contributed by atoms with Gasteiger partial charge in [0, 0.05) is 10.7 Å². The van der Waals surface area contributed by atoms with Crippen LogP contribution in [-0.2, 0) is 14.6 Å². The van der Waals surface area contributed by atoms with E-state index in [0.717, 1.165) is 23.5 Å². The van der Waals surface area contributed by atoms with Gasteiger partial charge in [-0.15, -0.1) is 0 Å². The van der Waals surface area contributed by atoms with Crippen molar-refractivity contribution in [1.29, 1.82) is 0 Å². The van der Waals surface area contributed by atoms with Crippen molar-refractivity contribution in [3.05, 3.63) is 65.3 Å². The van der Waals surface area contributed by atoms with Crippen molar-refractivity contribution >= 4 is 50.6 Å². The molecule has 1 aromatic heterocycles. The summed E-state index contributed by atoms with van der Waals surface area (Å²) in [6.45, 7) is 1.86. The van der Waals surface area contributed by atoms with Crippen molar-refractivity contribution in [2.45, 2.75) is 21.9 Å². The molecular formula is C19H17ClN4O3S2. The van der Waals surface area contributed by atoms with E-state index in [-0.39, 0.29) is 32.4 Å². The summed E-state index contributed by atoms with van der Waals surface area (Å²) in [5.41, 5.74) is 7.41. The molecule has 0 aliphatic rings. The normalized spacial score (nSPS) is 11.2. The predicted molar refractivity (Wildman–Crippen MR) is 114 cm³/mol. The van der Waals surface area contributed by atoms with Gasteiger partial charge < -0.3 is 11.1 Å². The van der Waals surface area contributed by atoms with Crippen LogP contribution in [0.1, 0.15) is 5.56 Å². The number of hydrogen-bond acceptors (Lipinski definition) is 7. The number of nitrogen functional groups attached to an aromatic ring is 1. The zero-order valence-electron chi connectivity index (χ0n) is 15.3. The highest BCUT2D eigenvalue weighted by Gasteiger charge is 2.22. The van der Waals surface area contributed by atoms with Crippen LogP contribution >= 0.6 is 23.4 Å². The number of sulfone groups is 1. The molecule has 0 fully saturated rings. The lowest BCUT2D eigenvalue weighted by Crippen LogP contribution is -2.14. The van der Waals surface area contributed by atoms with Crippen LogP contribution < -0.4 is 11.1 Å². The SMILES string of the molecule is Cc1ccc(S(=O)(=O)c2cnc(SCC(=O)Nc3ccc(Cl)cc3)nc2N)cc1. The van der Waals surface area contributed by atoms with Gasteiger partial charge in [-0.3, -0.25) is 4.79 Å². The molecule has 0 aliphatic heterocycles. The second-order valence-electron chi connectivity index (χ2n) is 6.06. The number of halogens is 1. The van der Waals surface area contributed by atoms with E-state index in [9.17, 15) is 13.2 Å². The third-order valence-corrected chi connectivity index (χ3v) is 6.74. The van der Waals surface area contributed by atoms with Crippen molar-refractivity contribution in [2.24, 2.45) is 0 Å². The Bertz CT molecular complexity index is 1140. The van der Waals surface area contributed by atoms with Gasteiger partial charge in [0.15, 0.2) is 5.16 Å². The number of nitrogens with two attached hydrogens (primary N) is 1. The number of carbonyl (C=O) groups excluding carboxylic acids is 1. The van der Waals surface area contributed by atoms with Crippen molar-refractivity contribution in [2.75, 3.05) is 16.8 Å². The second-order valence-corrected chi connectivity index (χ2v) is 9.36. The molecular weight excluding hydrogens is 432 g/mol. The minimum absolute atomic E-state index is 0.0339. The maximum Gasteiger partial charge on any atom is 0.234 e. The van der Waals surface area contributed by atoms with Gasteiger partial charge in [-0.2, -0.15) is 0 Å². The number of nitrogens with one attached hydrogen (secondary N) is 1. The van der Waals surface area contributed by atoms with E-state index in [2.05, 4.69) is 15.3 Å². The number of anilines is 2. The number of aromatic nitrogens is 2. The first-order chi connectivity index (χ1) is 13.8. The van der Waals surface area contributed by atoms with E-state index in [4.69, 9.17) is 17.3 Å². The van der Waals surface area contributed by atoms with Crippen molar-refractivity contribution in [1.82, 2.24) is 9.97 Å². The van der Waals surface area contributed by atoms with Crippen LogP contribution in [0.4, 0.5) is 11.5 Å². The van der Waals surface area contributed by atoms with Crippen molar-refractivity contribution in [3.8, 4) is 0 Å². The monoisotopic (exact) mass is 448 g/mol. The summed E-state index contributed by atoms with van der Waals surface area (Å²) in [4.78, 5) is 20.0. The van der Waals surface area contributed by atoms with E-state index in [1.165, 1.54) is 12.1 Å². The first kappa shape index (κ1) is 21.1. The van der Waals surface area contributed by atoms with E-state index < -0.39 is 9.84 Å². The largest absolute Gasteiger partial charge is 0.382 e. The summed E-state index contributed by atoms with van der Waals surface area (Å²) in [7, 11) is -3.83. The lowest BCUT2D eigenvalue weighted by Gasteiger charge is -2.08. The summed E-state index contributed by atoms with van der Waals surface area (Å²) in [5, 5.41) is 3.49. The van der Waals surface area contributed by atoms with Gasteiger partial charge in [0.2, 0.25) is 15.7 Å². The number of amides is 1. The zero-order valence-corrected chi connectivity index (χ0v) is 17.7. The number of aryl methyl sites for hydroxylation is 1. The van der Waals surface area contributed by atoms with Crippen molar-refractivity contribution < 1.29 is 13.2 Å². The number of carbonyl (C=O) groups is 1. The zero-order chi connectivity index (χ0) is 21.0. The third kappa shape index (κ3) is 5.26. The Kier molecular flexibility index (Phi) is 6.41. The number of benzene rings is 2. The van der Waals surface area contributed by atoms with Crippen LogP contribution in [0.3, 0.4) is 0 Å². The quantitative estimate of drug-likeness (QED) is 0.437. The Balaban J connectivity index is 1.68. The highest BCUT2D eigenvalue weighted by Crippen LogP contribution is 2.26. The van der Waals surface area contributed by atoms with Gasteiger partial charge in [-0.1, -0.05) is 41.1 Å². The fourth-order valence-electron chi connectivity index (χ4n) is 2.35. The van der Waals surface area contributed by atoms with Crippen LogP contribution in [0.25, 0.3) is 0 Å². The van der Waals surface area contributed by atoms with Gasteiger partial charge >= 0.3 is 0 Å². The van der Waals surface area contributed by atoms with Crippen LogP contribution in [0.15, 0.2) is 69.7 Å². The summed E-state index contributed by atoms with van der Waals surface area (Å²) in [6, 6.07) is 13.1. The first-order valence-electron chi connectivity index (χ1n) is 8.38. The molecule has 3 aromatic rings. The minimum atomic E-state index is -3.83. The predicted octanol–water partition coefficient (Wildman–Crippen LogP) is 3.58. The van der Waals surface area contributed by atoms with Crippen molar-refractivity contribution in [3.63, 3.8) is 0 Å². The topological polar surface area (TPSA) is 115 Å². The Morgan fingerprint density at radius 2 is 1.79 bits per heavy atom. The second kappa shape index (κ2) is 8.81. The molecule has 0 atom stereocenters. The highest BCUT2D eigenvalue weighted by molar-refractivity contribution is 7.99. The van der Waals surface area contributed by atoms with Crippen LogP contribution in [0.2, 0.25) is 5.02 Å². The maximum atomic E-state index is 12.7. The fourth-order valence-corrected chi connectivity index (χ4v) is 4.36. The molecule has 7 nitrogen and oxygen atoms in total. The molecule has 0 saturated carbocycles. The summed E-state index contributed by atoms with van der Waals surface area (Å²) in [5.74, 6) is -0.399. The Morgan fingerprint density at radius 3 is 2.41 bits per heavy atom. The van der Waals surface area contributed by atoms with Gasteiger partial charge in [0.25, 0.3) is 0 Å². The minimum Gasteiger partial charge on any atom is -0.382 e. The van der Waals surface area contributed by atoms with E-state index in [1.807, 2.05) is 6.92 Å². The summed E-state index contributed by atoms with van der Waals surface area (Å²) in [6.07, 6.45) is 1.16. The average Bonchev–Trinajstić information content (AvgIpc) is 2.68. The van der Waals surface area contributed by atoms with Gasteiger partial charge in [0.05, 0.1) is 16.8 Å². The van der Waals surface area contributed by atoms with Gasteiger partial charge in [-0.25, -0.2) is 18.4 Å². The molecule has 2 aromatic carbocycles. The van der Waals surface area contributed by atoms with E-state index in [1.54, 1.807) is 36.4 Å². The Morgan fingerprint density at radius 1 is 1.14 bits per heavy atom. The molecule has 0 radical (unpaired) electrons. The molecule has 10 heteroatoms. The number of nitrogens with zero attached hydrogens (tertiary/aromatic N) is 2. The molecule has 3 N–H and O–H groups in total. The average molecular weight is 449 g/mol. The molecule has 3 rings (SSSR count). The number of hydrogen-bond donors (Lipinski definition) is 2. The molecule has 0 aliphatic carbocycles. The highest BCUT2D eigenvalue weighted by atomic mass is 35.5. The lowest BCUT2D eigenvalue weighted by molar-refractivity contribution is -0.113. The first-order valence-corrected chi connectivity index (χ1v) is 11.2. The molecule has 150 valence electrons. The molecule has 1 amide bonds. The molecule has 0 bridgehead atoms. The fraction of sp³-hybridized carbons (Fsp3) is 0.105. The molecule has 0 unspecified atom stereocenters. The standard InChI is InChI=1S/C19H17ClN4O3S2/c1-12-2-8-15(9-3-12)29(26,27)16-10-22-19(24-18(16)21)28-11-17(25)23-14-6-4-13(20)5-7-14/h2-10H,11H2,1H3,(H,23,25)(H2,21,22,24). The Hall–Kier alpha value is -2.62. The van der Waals surface area contributed by atoms with E-state index >= 15 is 0 Å². The van der Waals surface area contributed by atoms with Gasteiger partial charge in [-0.05, 0) is 43.3 Å². The molecule has 29 heavy (non-hydrogen) atoms. The molecule has 0 spiro atoms. The molecule has 0 saturated heterocycles. The Labute approximate surface area is 177 Å². The van der Waals surface area contributed by atoms with E-state index in [0.29, 0.717) is 10.7 Å². The van der Waals surface area contributed by atoms with Crippen LogP contribution in [0.5, 0.6) is 0 Å². The molecule has 1 heterocycles. The smallest absolute Gasteiger partial charge is 0.234 e. The third-order valence-electron chi connectivity index (χ3n) is 3.84. The number of rotatable bonds is 6. The summed E-state index contributed by atoms with van der Waals surface area (Å²) < 4.78 is 25.5. The number of thioether (sulfide) groups is 1. The maximum absolute atomic E-state index is 12.7. The van der Waals surface area contributed by atoms with Crippen LogP contribution in [0, 0.1) is 6.92 Å². The summed E-state index contributed by atoms with van der Waals surface area (Å²) >= 11 is 6.85. The van der Waals surface area contributed by atoms with Gasteiger partial charge in [0.1, 0.15) is 10.7 Å².